The van der Waals surface area contributed by atoms with Crippen molar-refractivity contribution in [2.75, 3.05) is 13.2 Å². The van der Waals surface area contributed by atoms with Crippen LogP contribution >= 0.6 is 0 Å². The molecule has 0 radical (unpaired) electrons. The fourth-order valence-corrected chi connectivity index (χ4v) is 7.44. The molecule has 0 spiro atoms. The van der Waals surface area contributed by atoms with E-state index in [0.29, 0.717) is 19.3 Å². The molecule has 6 nitrogen and oxygen atoms in total. The molecule has 6 heteroatoms. The number of ether oxygens (including phenoxy) is 3. The van der Waals surface area contributed by atoms with E-state index in [4.69, 9.17) is 14.2 Å². The number of allylic oxidation sites excluding steroid dienone is 16. The molecule has 67 heavy (non-hydrogen) atoms. The molecule has 0 N–H and O–H groups in total. The Hall–Kier alpha value is -3.67. The van der Waals surface area contributed by atoms with Gasteiger partial charge in [-0.15, -0.1) is 0 Å². The van der Waals surface area contributed by atoms with Gasteiger partial charge in [0.25, 0.3) is 0 Å². The van der Waals surface area contributed by atoms with Gasteiger partial charge in [0.2, 0.25) is 0 Å². The number of esters is 3. The normalized spacial score (nSPS) is 12.8. The average Bonchev–Trinajstić information content (AvgIpc) is 3.33. The summed E-state index contributed by atoms with van der Waals surface area (Å²) < 4.78 is 16.7. The van der Waals surface area contributed by atoms with Gasteiger partial charge in [-0.25, -0.2) is 0 Å². The van der Waals surface area contributed by atoms with Crippen LogP contribution in [0.3, 0.4) is 0 Å². The van der Waals surface area contributed by atoms with Gasteiger partial charge in [0.1, 0.15) is 13.2 Å². The van der Waals surface area contributed by atoms with Gasteiger partial charge in [-0.05, 0) is 89.9 Å². The third-order valence-electron chi connectivity index (χ3n) is 11.6. The van der Waals surface area contributed by atoms with Crippen molar-refractivity contribution in [1.82, 2.24) is 0 Å². The predicted octanol–water partition coefficient (Wildman–Crippen LogP) is 18.5. The Morgan fingerprint density at radius 2 is 0.597 bits per heavy atom. The van der Waals surface area contributed by atoms with Gasteiger partial charge in [-0.3, -0.25) is 14.4 Å². The number of rotatable bonds is 49. The Morgan fingerprint density at radius 3 is 0.970 bits per heavy atom. The smallest absolute Gasteiger partial charge is 0.306 e. The quantitative estimate of drug-likeness (QED) is 0.0262. The number of hydrogen-bond acceptors (Lipinski definition) is 6. The van der Waals surface area contributed by atoms with Crippen LogP contribution in [0.15, 0.2) is 97.2 Å². The van der Waals surface area contributed by atoms with Crippen LogP contribution in [-0.4, -0.2) is 37.2 Å². The molecule has 0 aromatic heterocycles. The van der Waals surface area contributed by atoms with Gasteiger partial charge < -0.3 is 14.2 Å². The third-order valence-corrected chi connectivity index (χ3v) is 11.6. The second-order valence-corrected chi connectivity index (χ2v) is 18.1. The summed E-state index contributed by atoms with van der Waals surface area (Å²) in [5.74, 6) is -1.03. The Morgan fingerprint density at radius 1 is 0.313 bits per heavy atom. The van der Waals surface area contributed by atoms with Crippen LogP contribution in [0.25, 0.3) is 0 Å². The first kappa shape index (κ1) is 63.3. The van der Waals surface area contributed by atoms with Crippen LogP contribution in [-0.2, 0) is 28.6 Å². The highest BCUT2D eigenvalue weighted by molar-refractivity contribution is 5.71. The zero-order valence-electron chi connectivity index (χ0n) is 43.6. The number of unbranched alkanes of at least 4 members (excludes halogenated alkanes) is 22. The summed E-state index contributed by atoms with van der Waals surface area (Å²) in [5.41, 5.74) is 0. The fourth-order valence-electron chi connectivity index (χ4n) is 7.44. The van der Waals surface area contributed by atoms with Crippen LogP contribution in [0.2, 0.25) is 0 Å². The van der Waals surface area contributed by atoms with E-state index in [1.165, 1.54) is 122 Å². The van der Waals surface area contributed by atoms with Crippen LogP contribution in [0, 0.1) is 0 Å². The largest absolute Gasteiger partial charge is 0.462 e. The summed E-state index contributed by atoms with van der Waals surface area (Å²) in [4.78, 5) is 38.1. The van der Waals surface area contributed by atoms with Crippen LogP contribution in [0.4, 0.5) is 0 Å². The second-order valence-electron chi connectivity index (χ2n) is 18.1. The Bertz CT molecular complexity index is 1350. The van der Waals surface area contributed by atoms with Crippen LogP contribution in [0.1, 0.15) is 252 Å². The number of carbonyl (C=O) groups excluding carboxylic acids is 3. The van der Waals surface area contributed by atoms with Crippen LogP contribution < -0.4 is 0 Å². The van der Waals surface area contributed by atoms with Gasteiger partial charge in [-0.1, -0.05) is 240 Å². The molecular weight excluding hydrogens is 829 g/mol. The molecule has 0 aliphatic rings. The zero-order valence-corrected chi connectivity index (χ0v) is 43.6. The molecule has 0 saturated carbocycles. The van der Waals surface area contributed by atoms with Crippen molar-refractivity contribution < 1.29 is 28.6 Å². The minimum Gasteiger partial charge on any atom is -0.462 e. The van der Waals surface area contributed by atoms with Crippen molar-refractivity contribution in [2.24, 2.45) is 0 Å². The SMILES string of the molecule is CC/C=C\C/C=C\C/C=C\C/C=C\C/C=C\CCCC(=O)O[C@H](COC(=O)CCC/C=C\C/C=C\C/C=C\CCCCCCCC)COC(=O)CCCCCCCCCCCCCCCCC. The lowest BCUT2D eigenvalue weighted by Crippen LogP contribution is -2.30. The molecule has 0 aliphatic heterocycles. The summed E-state index contributed by atoms with van der Waals surface area (Å²) in [5, 5.41) is 0. The summed E-state index contributed by atoms with van der Waals surface area (Å²) in [7, 11) is 0. The van der Waals surface area contributed by atoms with Gasteiger partial charge in [0, 0.05) is 19.3 Å². The van der Waals surface area contributed by atoms with E-state index >= 15 is 0 Å². The van der Waals surface area contributed by atoms with E-state index in [2.05, 4.69) is 118 Å². The average molecular weight is 931 g/mol. The third kappa shape index (κ3) is 53.2. The van der Waals surface area contributed by atoms with E-state index in [1.54, 1.807) is 0 Å². The van der Waals surface area contributed by atoms with E-state index in [9.17, 15) is 14.4 Å². The first-order valence-corrected chi connectivity index (χ1v) is 27.7. The van der Waals surface area contributed by atoms with Crippen molar-refractivity contribution in [1.29, 1.82) is 0 Å². The van der Waals surface area contributed by atoms with E-state index in [0.717, 1.165) is 77.0 Å². The first-order valence-electron chi connectivity index (χ1n) is 27.7. The minimum absolute atomic E-state index is 0.115. The monoisotopic (exact) mass is 931 g/mol. The van der Waals surface area contributed by atoms with Crippen molar-refractivity contribution in [2.45, 2.75) is 258 Å². The van der Waals surface area contributed by atoms with E-state index in [1.807, 2.05) is 0 Å². The maximum absolute atomic E-state index is 12.8. The lowest BCUT2D eigenvalue weighted by Gasteiger charge is -2.18. The van der Waals surface area contributed by atoms with Crippen molar-refractivity contribution in [3.63, 3.8) is 0 Å². The molecule has 0 rings (SSSR count). The molecule has 0 bridgehead atoms. The van der Waals surface area contributed by atoms with Crippen LogP contribution in [0.5, 0.6) is 0 Å². The predicted molar refractivity (Wildman–Crippen MR) is 288 cm³/mol. The van der Waals surface area contributed by atoms with Crippen molar-refractivity contribution >= 4 is 17.9 Å². The molecule has 0 amide bonds. The number of carbonyl (C=O) groups is 3. The van der Waals surface area contributed by atoms with Crippen molar-refractivity contribution in [3.05, 3.63) is 97.2 Å². The summed E-state index contributed by atoms with van der Waals surface area (Å²) in [6.07, 6.45) is 72.6. The zero-order chi connectivity index (χ0) is 48.6. The lowest BCUT2D eigenvalue weighted by atomic mass is 10.0. The van der Waals surface area contributed by atoms with Crippen molar-refractivity contribution in [3.8, 4) is 0 Å². The maximum atomic E-state index is 12.8. The standard InChI is InChI=1S/C61H102O6/c1-4-7-10-13-16-19-22-25-28-30-33-36-39-42-45-48-51-54-60(63)66-57-58(56-65-59(62)53-50-47-44-41-38-35-32-27-24-21-18-15-12-9-6-3)67-61(64)55-52-49-46-43-40-37-34-31-29-26-23-20-17-14-11-8-5-2/h8,11,17,20,25-26,28-29,33-34,36-37,42-43,45-46,58H,4-7,9-10,12-16,18-19,21-24,27,30-32,35,38-41,44,47-57H2,1-3H3/b11-8-,20-17-,28-25-,29-26-,36-33-,37-34-,45-42-,46-43-/t58-/m0/s1. The highest BCUT2D eigenvalue weighted by Crippen LogP contribution is 2.15. The molecule has 0 aromatic rings. The molecule has 0 aromatic carbocycles. The fraction of sp³-hybridized carbons (Fsp3) is 0.689. The molecular formula is C61H102O6. The van der Waals surface area contributed by atoms with Gasteiger partial charge in [-0.2, -0.15) is 0 Å². The molecule has 1 atom stereocenters. The molecule has 0 unspecified atom stereocenters. The summed E-state index contributed by atoms with van der Waals surface area (Å²) in [6, 6.07) is 0. The van der Waals surface area contributed by atoms with Gasteiger partial charge >= 0.3 is 17.9 Å². The minimum atomic E-state index is -0.827. The Labute approximate surface area is 413 Å². The number of hydrogen-bond donors (Lipinski definition) is 0. The summed E-state index contributed by atoms with van der Waals surface area (Å²) in [6.45, 7) is 6.43. The molecule has 0 heterocycles. The Kier molecular flexibility index (Phi) is 51.9. The topological polar surface area (TPSA) is 78.9 Å². The molecule has 0 fully saturated rings. The molecule has 382 valence electrons. The first-order chi connectivity index (χ1) is 33.0. The highest BCUT2D eigenvalue weighted by Gasteiger charge is 2.19. The van der Waals surface area contributed by atoms with E-state index < -0.39 is 6.10 Å². The summed E-state index contributed by atoms with van der Waals surface area (Å²) >= 11 is 0. The molecule has 0 aliphatic carbocycles. The highest BCUT2D eigenvalue weighted by atomic mass is 16.6. The van der Waals surface area contributed by atoms with Gasteiger partial charge in [0.05, 0.1) is 0 Å². The maximum Gasteiger partial charge on any atom is 0.306 e. The second kappa shape index (κ2) is 54.9. The van der Waals surface area contributed by atoms with Gasteiger partial charge in [0.15, 0.2) is 6.10 Å². The Balaban J connectivity index is 4.55. The lowest BCUT2D eigenvalue weighted by molar-refractivity contribution is -0.167. The molecule has 0 saturated heterocycles. The van der Waals surface area contributed by atoms with E-state index in [-0.39, 0.29) is 44.0 Å².